The van der Waals surface area contributed by atoms with Gasteiger partial charge >= 0.3 is 17.9 Å². The second-order valence-corrected chi connectivity index (χ2v) is 17.2. The van der Waals surface area contributed by atoms with E-state index in [2.05, 4.69) is 41.5 Å². The first-order chi connectivity index (χ1) is 26.1. The monoisotopic (exact) mass is 757 g/mol. The lowest BCUT2D eigenvalue weighted by atomic mass is 10.0. The molecule has 0 unspecified atom stereocenters. The standard InChI is InChI=1S/C48H84O6/c1-40(2)32-25-19-13-7-10-16-22-28-37-52-46(49)43-35-31-36-44(47(50)53-38-29-23-17-11-8-14-20-26-33-41(3)4)45(43)48(51)54-39-30-24-18-12-9-15-21-27-34-42(5)6/h31,35-36,40-42H,7-30,32-34,37-39H2,1-6H3. The quantitative estimate of drug-likeness (QED) is 0.0385. The molecule has 1 rings (SSSR count). The predicted octanol–water partition coefficient (Wildman–Crippen LogP) is 14.7. The van der Waals surface area contributed by atoms with Crippen LogP contribution >= 0.6 is 0 Å². The SMILES string of the molecule is CC(C)CCCCCCCCCCOC(=O)c1cccc(C(=O)OCCCCCCCCCCC(C)C)c1C(=O)OCCCCCCCCCCC(C)C. The maximum Gasteiger partial charge on any atom is 0.339 e. The van der Waals surface area contributed by atoms with Crippen molar-refractivity contribution in [3.05, 3.63) is 34.9 Å². The summed E-state index contributed by atoms with van der Waals surface area (Å²) in [7, 11) is 0. The van der Waals surface area contributed by atoms with Crippen LogP contribution in [0.25, 0.3) is 0 Å². The highest BCUT2D eigenvalue weighted by molar-refractivity contribution is 6.10. The number of carbonyl (C=O) groups excluding carboxylic acids is 3. The Kier molecular flexibility index (Phi) is 31.2. The molecule has 0 atom stereocenters. The van der Waals surface area contributed by atoms with E-state index in [4.69, 9.17) is 14.2 Å². The average molecular weight is 757 g/mol. The zero-order chi connectivity index (χ0) is 39.7. The highest BCUT2D eigenvalue weighted by Crippen LogP contribution is 2.21. The van der Waals surface area contributed by atoms with Gasteiger partial charge in [0.15, 0.2) is 0 Å². The Bertz CT molecular complexity index is 1020. The third-order valence-electron chi connectivity index (χ3n) is 10.4. The lowest BCUT2D eigenvalue weighted by molar-refractivity contribution is 0.0430. The van der Waals surface area contributed by atoms with Crippen LogP contribution in [0.2, 0.25) is 0 Å². The number of hydrogen-bond acceptors (Lipinski definition) is 6. The normalized spacial score (nSPS) is 11.5. The Morgan fingerprint density at radius 1 is 0.370 bits per heavy atom. The topological polar surface area (TPSA) is 78.9 Å². The molecule has 0 radical (unpaired) electrons. The maximum absolute atomic E-state index is 13.5. The molecule has 6 nitrogen and oxygen atoms in total. The van der Waals surface area contributed by atoms with Gasteiger partial charge in [0, 0.05) is 0 Å². The molecular weight excluding hydrogens is 673 g/mol. The highest BCUT2D eigenvalue weighted by atomic mass is 16.5. The number of carbonyl (C=O) groups is 3. The molecule has 0 amide bonds. The van der Waals surface area contributed by atoms with E-state index in [1.165, 1.54) is 116 Å². The van der Waals surface area contributed by atoms with Crippen molar-refractivity contribution in [2.45, 2.75) is 215 Å². The van der Waals surface area contributed by atoms with Crippen molar-refractivity contribution in [3.63, 3.8) is 0 Å². The van der Waals surface area contributed by atoms with Crippen LogP contribution in [0.4, 0.5) is 0 Å². The van der Waals surface area contributed by atoms with Gasteiger partial charge in [-0.2, -0.15) is 0 Å². The van der Waals surface area contributed by atoms with Crippen molar-refractivity contribution in [1.82, 2.24) is 0 Å². The molecule has 1 aromatic carbocycles. The first-order valence-electron chi connectivity index (χ1n) is 22.8. The summed E-state index contributed by atoms with van der Waals surface area (Å²) in [6.45, 7) is 14.5. The Hall–Kier alpha value is -2.37. The van der Waals surface area contributed by atoms with E-state index in [0.29, 0.717) is 0 Å². The van der Waals surface area contributed by atoms with E-state index in [1.54, 1.807) is 18.2 Å². The minimum atomic E-state index is -0.665. The fourth-order valence-electron chi connectivity index (χ4n) is 6.98. The van der Waals surface area contributed by atoms with E-state index < -0.39 is 17.9 Å². The highest BCUT2D eigenvalue weighted by Gasteiger charge is 2.27. The van der Waals surface area contributed by atoms with Crippen LogP contribution in [0.15, 0.2) is 18.2 Å². The van der Waals surface area contributed by atoms with Crippen LogP contribution in [-0.4, -0.2) is 37.7 Å². The van der Waals surface area contributed by atoms with Crippen molar-refractivity contribution < 1.29 is 28.6 Å². The van der Waals surface area contributed by atoms with Crippen molar-refractivity contribution in [1.29, 1.82) is 0 Å². The van der Waals surface area contributed by atoms with E-state index >= 15 is 0 Å². The average Bonchev–Trinajstić information content (AvgIpc) is 3.14. The molecule has 0 aliphatic carbocycles. The fraction of sp³-hybridized carbons (Fsp3) is 0.812. The largest absolute Gasteiger partial charge is 0.462 e. The van der Waals surface area contributed by atoms with Gasteiger partial charge in [-0.3, -0.25) is 0 Å². The number of benzene rings is 1. The molecule has 0 spiro atoms. The maximum atomic E-state index is 13.5. The molecule has 0 fully saturated rings. The van der Waals surface area contributed by atoms with E-state index in [0.717, 1.165) is 75.5 Å². The van der Waals surface area contributed by atoms with E-state index in [9.17, 15) is 14.4 Å². The lowest BCUT2D eigenvalue weighted by Crippen LogP contribution is -2.20. The summed E-state index contributed by atoms with van der Waals surface area (Å²) < 4.78 is 16.9. The lowest BCUT2D eigenvalue weighted by Gasteiger charge is -2.14. The Morgan fingerprint density at radius 3 is 0.889 bits per heavy atom. The third kappa shape index (κ3) is 27.2. The van der Waals surface area contributed by atoms with Crippen molar-refractivity contribution >= 4 is 17.9 Å². The van der Waals surface area contributed by atoms with Crippen molar-refractivity contribution in [2.24, 2.45) is 17.8 Å². The molecule has 0 saturated heterocycles. The Labute approximate surface area is 333 Å². The molecule has 0 bridgehead atoms. The summed E-state index contributed by atoms with van der Waals surface area (Å²) >= 11 is 0. The predicted molar refractivity (Wildman–Crippen MR) is 226 cm³/mol. The molecule has 0 aliphatic rings. The number of unbranched alkanes of at least 4 members (excludes halogenated alkanes) is 21. The molecule has 54 heavy (non-hydrogen) atoms. The molecule has 6 heteroatoms. The molecule has 0 heterocycles. The van der Waals surface area contributed by atoms with E-state index in [1.807, 2.05) is 0 Å². The number of hydrogen-bond donors (Lipinski definition) is 0. The van der Waals surface area contributed by atoms with Crippen molar-refractivity contribution in [3.8, 4) is 0 Å². The van der Waals surface area contributed by atoms with Crippen LogP contribution in [0.3, 0.4) is 0 Å². The minimum Gasteiger partial charge on any atom is -0.462 e. The number of rotatable bonds is 36. The second-order valence-electron chi connectivity index (χ2n) is 17.2. The molecule has 1 aromatic rings. The van der Waals surface area contributed by atoms with E-state index in [-0.39, 0.29) is 36.5 Å². The first-order valence-corrected chi connectivity index (χ1v) is 22.8. The zero-order valence-corrected chi connectivity index (χ0v) is 36.1. The van der Waals surface area contributed by atoms with Crippen LogP contribution < -0.4 is 0 Å². The zero-order valence-electron chi connectivity index (χ0n) is 36.1. The fourth-order valence-corrected chi connectivity index (χ4v) is 6.98. The molecule has 0 aliphatic heterocycles. The van der Waals surface area contributed by atoms with Crippen LogP contribution in [0.5, 0.6) is 0 Å². The van der Waals surface area contributed by atoms with Crippen LogP contribution in [-0.2, 0) is 14.2 Å². The van der Waals surface area contributed by atoms with Gasteiger partial charge in [-0.05, 0) is 49.1 Å². The second kappa shape index (κ2) is 33.9. The van der Waals surface area contributed by atoms with Crippen LogP contribution in [0, 0.1) is 17.8 Å². The Balaban J connectivity index is 2.61. The summed E-state index contributed by atoms with van der Waals surface area (Å²) in [6, 6.07) is 4.73. The van der Waals surface area contributed by atoms with Gasteiger partial charge in [-0.1, -0.05) is 202 Å². The molecule has 0 N–H and O–H groups in total. The molecule has 0 aromatic heterocycles. The summed E-state index contributed by atoms with van der Waals surface area (Å²) in [5, 5.41) is 0. The van der Waals surface area contributed by atoms with Gasteiger partial charge in [-0.15, -0.1) is 0 Å². The summed E-state index contributed by atoms with van der Waals surface area (Å²) in [5.41, 5.74) is 0.104. The summed E-state index contributed by atoms with van der Waals surface area (Å²) in [6.07, 6.45) is 31.6. The molecule has 312 valence electrons. The van der Waals surface area contributed by atoms with Gasteiger partial charge in [0.05, 0.1) is 36.5 Å². The first kappa shape index (κ1) is 49.6. The number of esters is 3. The molecule has 0 saturated carbocycles. The van der Waals surface area contributed by atoms with Gasteiger partial charge < -0.3 is 14.2 Å². The minimum absolute atomic E-state index is 0.0381. The van der Waals surface area contributed by atoms with Crippen molar-refractivity contribution in [2.75, 3.05) is 19.8 Å². The van der Waals surface area contributed by atoms with Gasteiger partial charge in [0.1, 0.15) is 0 Å². The third-order valence-corrected chi connectivity index (χ3v) is 10.4. The smallest absolute Gasteiger partial charge is 0.339 e. The molecular formula is C48H84O6. The summed E-state index contributed by atoms with van der Waals surface area (Å²) in [5.74, 6) is 0.492. The Morgan fingerprint density at radius 2 is 0.611 bits per heavy atom. The van der Waals surface area contributed by atoms with Gasteiger partial charge in [0.25, 0.3) is 0 Å². The van der Waals surface area contributed by atoms with Gasteiger partial charge in [-0.25, -0.2) is 14.4 Å². The number of ether oxygens (including phenoxy) is 3. The summed E-state index contributed by atoms with van der Waals surface area (Å²) in [4.78, 5) is 40.1. The van der Waals surface area contributed by atoms with Crippen LogP contribution in [0.1, 0.15) is 246 Å². The van der Waals surface area contributed by atoms with Gasteiger partial charge in [0.2, 0.25) is 0 Å².